The molecule has 0 bridgehead atoms. The number of halogens is 1. The van der Waals surface area contributed by atoms with Crippen LogP contribution in [-0.4, -0.2) is 37.0 Å². The predicted molar refractivity (Wildman–Crippen MR) is 77.1 cm³/mol. The molecule has 0 atom stereocenters. The Labute approximate surface area is 117 Å². The molecule has 0 radical (unpaired) electrons. The standard InChI is InChI=1S/C14H19BrN2O/c15-11-12-3-5-13(6-4-12)14(18)16-7-10-17-8-1-2-9-17/h3-6H,1-2,7-11H2,(H,16,18). The van der Waals surface area contributed by atoms with Gasteiger partial charge >= 0.3 is 0 Å². The van der Waals surface area contributed by atoms with Crippen LogP contribution in [0.3, 0.4) is 0 Å². The summed E-state index contributed by atoms with van der Waals surface area (Å²) in [5.74, 6) is 0.0234. The first-order valence-corrected chi connectivity index (χ1v) is 7.57. The van der Waals surface area contributed by atoms with Gasteiger partial charge in [-0.15, -0.1) is 0 Å². The molecule has 1 amide bonds. The first-order chi connectivity index (χ1) is 8.79. The molecule has 4 heteroatoms. The van der Waals surface area contributed by atoms with E-state index >= 15 is 0 Å². The van der Waals surface area contributed by atoms with Gasteiger partial charge in [0.15, 0.2) is 0 Å². The normalized spacial score (nSPS) is 15.8. The zero-order valence-electron chi connectivity index (χ0n) is 10.5. The van der Waals surface area contributed by atoms with Gasteiger partial charge in [0.05, 0.1) is 0 Å². The van der Waals surface area contributed by atoms with Crippen molar-refractivity contribution >= 4 is 21.8 Å². The van der Waals surface area contributed by atoms with Crippen molar-refractivity contribution in [2.75, 3.05) is 26.2 Å². The van der Waals surface area contributed by atoms with E-state index in [0.717, 1.165) is 24.0 Å². The van der Waals surface area contributed by atoms with Crippen LogP contribution in [-0.2, 0) is 5.33 Å². The molecule has 0 unspecified atom stereocenters. The number of hydrogen-bond acceptors (Lipinski definition) is 2. The molecule has 1 aromatic carbocycles. The largest absolute Gasteiger partial charge is 0.351 e. The van der Waals surface area contributed by atoms with Crippen LogP contribution in [0.15, 0.2) is 24.3 Å². The van der Waals surface area contributed by atoms with E-state index in [0.29, 0.717) is 0 Å². The molecule has 1 aliphatic heterocycles. The molecule has 1 aromatic rings. The molecule has 1 fully saturated rings. The van der Waals surface area contributed by atoms with Gasteiger partial charge in [0.2, 0.25) is 0 Å². The number of nitrogens with one attached hydrogen (secondary N) is 1. The lowest BCUT2D eigenvalue weighted by Gasteiger charge is -2.14. The molecular formula is C14H19BrN2O. The van der Waals surface area contributed by atoms with Crippen LogP contribution in [0.25, 0.3) is 0 Å². The maximum atomic E-state index is 11.9. The van der Waals surface area contributed by atoms with E-state index in [9.17, 15) is 4.79 Å². The summed E-state index contributed by atoms with van der Waals surface area (Å²) in [7, 11) is 0. The molecular weight excluding hydrogens is 292 g/mol. The fraction of sp³-hybridized carbons (Fsp3) is 0.500. The minimum atomic E-state index is 0.0234. The average Bonchev–Trinajstić information content (AvgIpc) is 2.92. The second-order valence-electron chi connectivity index (χ2n) is 4.64. The second kappa shape index (κ2) is 6.90. The third kappa shape index (κ3) is 3.82. The average molecular weight is 311 g/mol. The van der Waals surface area contributed by atoms with Crippen molar-refractivity contribution in [2.24, 2.45) is 0 Å². The highest BCUT2D eigenvalue weighted by Gasteiger charge is 2.11. The molecule has 98 valence electrons. The Morgan fingerprint density at radius 2 is 1.89 bits per heavy atom. The molecule has 0 aromatic heterocycles. The van der Waals surface area contributed by atoms with Gasteiger partial charge in [0, 0.05) is 24.0 Å². The summed E-state index contributed by atoms with van der Waals surface area (Å²) in [6, 6.07) is 7.71. The Balaban J connectivity index is 1.76. The molecule has 0 aliphatic carbocycles. The predicted octanol–water partition coefficient (Wildman–Crippen LogP) is 2.41. The zero-order chi connectivity index (χ0) is 12.8. The molecule has 2 rings (SSSR count). The number of likely N-dealkylation sites (tertiary alicyclic amines) is 1. The number of hydrogen-bond donors (Lipinski definition) is 1. The molecule has 18 heavy (non-hydrogen) atoms. The summed E-state index contributed by atoms with van der Waals surface area (Å²) in [6.45, 7) is 4.05. The number of benzene rings is 1. The van der Waals surface area contributed by atoms with Crippen LogP contribution in [0.5, 0.6) is 0 Å². The summed E-state index contributed by atoms with van der Waals surface area (Å²) in [5.41, 5.74) is 1.92. The van der Waals surface area contributed by atoms with Crippen molar-refractivity contribution in [1.82, 2.24) is 10.2 Å². The Kier molecular flexibility index (Phi) is 5.20. The Hall–Kier alpha value is -0.870. The van der Waals surface area contributed by atoms with Gasteiger partial charge in [0.1, 0.15) is 0 Å². The smallest absolute Gasteiger partial charge is 0.251 e. The molecule has 3 nitrogen and oxygen atoms in total. The van der Waals surface area contributed by atoms with E-state index in [1.165, 1.54) is 31.5 Å². The third-order valence-corrected chi connectivity index (χ3v) is 3.93. The van der Waals surface area contributed by atoms with E-state index in [-0.39, 0.29) is 5.91 Å². The number of carbonyl (C=O) groups excluding carboxylic acids is 1. The zero-order valence-corrected chi connectivity index (χ0v) is 12.1. The molecule has 1 N–H and O–H groups in total. The fourth-order valence-electron chi connectivity index (χ4n) is 2.18. The topological polar surface area (TPSA) is 32.3 Å². The van der Waals surface area contributed by atoms with Crippen LogP contribution in [0, 0.1) is 0 Å². The van der Waals surface area contributed by atoms with Crippen LogP contribution in [0.2, 0.25) is 0 Å². The monoisotopic (exact) mass is 310 g/mol. The Bertz CT molecular complexity index is 385. The summed E-state index contributed by atoms with van der Waals surface area (Å²) < 4.78 is 0. The number of amides is 1. The maximum absolute atomic E-state index is 11.9. The van der Waals surface area contributed by atoms with Gasteiger partial charge in [-0.25, -0.2) is 0 Å². The van der Waals surface area contributed by atoms with E-state index in [2.05, 4.69) is 26.1 Å². The summed E-state index contributed by atoms with van der Waals surface area (Å²) in [4.78, 5) is 14.3. The summed E-state index contributed by atoms with van der Waals surface area (Å²) in [5, 5.41) is 3.79. The quantitative estimate of drug-likeness (QED) is 0.847. The van der Waals surface area contributed by atoms with Crippen molar-refractivity contribution in [3.63, 3.8) is 0 Å². The van der Waals surface area contributed by atoms with Crippen molar-refractivity contribution in [3.05, 3.63) is 35.4 Å². The lowest BCUT2D eigenvalue weighted by molar-refractivity contribution is 0.0950. The highest BCUT2D eigenvalue weighted by molar-refractivity contribution is 9.08. The molecule has 0 saturated carbocycles. The highest BCUT2D eigenvalue weighted by Crippen LogP contribution is 2.08. The SMILES string of the molecule is O=C(NCCN1CCCC1)c1ccc(CBr)cc1. The van der Waals surface area contributed by atoms with E-state index in [1.54, 1.807) is 0 Å². The van der Waals surface area contributed by atoms with Crippen LogP contribution >= 0.6 is 15.9 Å². The van der Waals surface area contributed by atoms with Gasteiger partial charge in [-0.1, -0.05) is 28.1 Å². The Morgan fingerprint density at radius 1 is 1.22 bits per heavy atom. The number of nitrogens with zero attached hydrogens (tertiary/aromatic N) is 1. The lowest BCUT2D eigenvalue weighted by Crippen LogP contribution is -2.33. The highest BCUT2D eigenvalue weighted by atomic mass is 79.9. The minimum Gasteiger partial charge on any atom is -0.351 e. The van der Waals surface area contributed by atoms with Gasteiger partial charge < -0.3 is 10.2 Å². The van der Waals surface area contributed by atoms with Crippen LogP contribution < -0.4 is 5.32 Å². The van der Waals surface area contributed by atoms with Gasteiger partial charge in [0.25, 0.3) is 5.91 Å². The Morgan fingerprint density at radius 3 is 2.50 bits per heavy atom. The summed E-state index contributed by atoms with van der Waals surface area (Å²) >= 11 is 3.39. The van der Waals surface area contributed by atoms with Crippen LogP contribution in [0.1, 0.15) is 28.8 Å². The molecule has 1 heterocycles. The van der Waals surface area contributed by atoms with Crippen molar-refractivity contribution in [2.45, 2.75) is 18.2 Å². The number of alkyl halides is 1. The third-order valence-electron chi connectivity index (χ3n) is 3.28. The van der Waals surface area contributed by atoms with E-state index in [1.807, 2.05) is 24.3 Å². The van der Waals surface area contributed by atoms with Gasteiger partial charge in [-0.3, -0.25) is 4.79 Å². The van der Waals surface area contributed by atoms with E-state index < -0.39 is 0 Å². The number of carbonyl (C=O) groups is 1. The molecule has 0 spiro atoms. The van der Waals surface area contributed by atoms with E-state index in [4.69, 9.17) is 0 Å². The lowest BCUT2D eigenvalue weighted by atomic mass is 10.1. The summed E-state index contributed by atoms with van der Waals surface area (Å²) in [6.07, 6.45) is 2.59. The maximum Gasteiger partial charge on any atom is 0.251 e. The second-order valence-corrected chi connectivity index (χ2v) is 5.20. The van der Waals surface area contributed by atoms with Crippen molar-refractivity contribution < 1.29 is 4.79 Å². The molecule has 1 aliphatic rings. The first kappa shape index (κ1) is 13.6. The minimum absolute atomic E-state index is 0.0234. The van der Waals surface area contributed by atoms with Crippen molar-refractivity contribution in [3.8, 4) is 0 Å². The fourth-order valence-corrected chi connectivity index (χ4v) is 2.55. The molecule has 1 saturated heterocycles. The van der Waals surface area contributed by atoms with Gasteiger partial charge in [-0.05, 0) is 43.6 Å². The van der Waals surface area contributed by atoms with Crippen LogP contribution in [0.4, 0.5) is 0 Å². The van der Waals surface area contributed by atoms with Gasteiger partial charge in [-0.2, -0.15) is 0 Å². The van der Waals surface area contributed by atoms with Crippen molar-refractivity contribution in [1.29, 1.82) is 0 Å². The first-order valence-electron chi connectivity index (χ1n) is 6.45. The number of rotatable bonds is 5.